The van der Waals surface area contributed by atoms with E-state index < -0.39 is 16.1 Å². The van der Waals surface area contributed by atoms with Crippen molar-refractivity contribution in [2.75, 3.05) is 36.8 Å². The third kappa shape index (κ3) is 11.6. The van der Waals surface area contributed by atoms with Crippen LogP contribution in [0, 0.1) is 37.3 Å². The highest BCUT2D eigenvalue weighted by atomic mass is 35.5. The largest absolute Gasteiger partial charge is 0.366 e. The first kappa shape index (κ1) is 47.5. The van der Waals surface area contributed by atoms with E-state index in [1.54, 1.807) is 0 Å². The number of fused-ring (bicyclic) bond motifs is 2. The van der Waals surface area contributed by atoms with Gasteiger partial charge < -0.3 is 21.3 Å². The summed E-state index contributed by atoms with van der Waals surface area (Å²) in [5.74, 6) is 5.30. The normalized spacial score (nSPS) is 16.6. The Kier molecular flexibility index (Phi) is 14.7. The highest BCUT2D eigenvalue weighted by molar-refractivity contribution is 6.88. The lowest BCUT2D eigenvalue weighted by Crippen LogP contribution is -2.35. The minimum Gasteiger partial charge on any atom is -0.366 e. The van der Waals surface area contributed by atoms with E-state index in [1.807, 2.05) is 66.3 Å². The zero-order valence-corrected chi connectivity index (χ0v) is 42.2. The molecule has 6 aromatic rings. The number of halogens is 1. The topological polar surface area (TPSA) is 108 Å². The van der Waals surface area contributed by atoms with Crippen LogP contribution in [0.4, 0.5) is 11.6 Å². The van der Waals surface area contributed by atoms with Crippen molar-refractivity contribution < 1.29 is 0 Å². The van der Waals surface area contributed by atoms with E-state index in [2.05, 4.69) is 146 Å². The van der Waals surface area contributed by atoms with Gasteiger partial charge >= 0.3 is 0 Å². The number of nitrogens with zero attached hydrogens (tertiary/aromatic N) is 6. The predicted octanol–water partition coefficient (Wildman–Crippen LogP) is 10.7. The molecule has 10 nitrogen and oxygen atoms in total. The fourth-order valence-corrected chi connectivity index (χ4v) is 8.05. The highest BCUT2D eigenvalue weighted by Crippen LogP contribution is 2.36. The van der Waals surface area contributed by atoms with Crippen LogP contribution in [-0.4, -0.2) is 83.1 Å². The molecular weight excluding hydrogens is 832 g/mol. The molecule has 332 valence electrons. The van der Waals surface area contributed by atoms with E-state index in [-0.39, 0.29) is 5.04 Å². The molecule has 0 aliphatic carbocycles. The summed E-state index contributed by atoms with van der Waals surface area (Å²) in [5, 5.41) is 15.1. The Morgan fingerprint density at radius 2 is 1.19 bits per heavy atom. The van der Waals surface area contributed by atoms with Crippen LogP contribution < -0.4 is 21.3 Å². The summed E-state index contributed by atoms with van der Waals surface area (Å²) >= 11 is 6.26. The summed E-state index contributed by atoms with van der Waals surface area (Å²) in [6.07, 6.45) is 15.4. The fraction of sp³-hybridized carbons (Fsp3) is 0.440. The summed E-state index contributed by atoms with van der Waals surface area (Å²) < 4.78 is 4.10. The summed E-state index contributed by atoms with van der Waals surface area (Å²) in [5.41, 5.74) is 15.3. The maximum absolute atomic E-state index is 6.26. The molecule has 63 heavy (non-hydrogen) atoms. The number of pyridine rings is 4. The van der Waals surface area contributed by atoms with E-state index in [4.69, 9.17) is 28.0 Å². The molecule has 0 radical (unpaired) electrons. The average molecular weight is 900 g/mol. The number of terminal acetylenes is 1. The van der Waals surface area contributed by atoms with Gasteiger partial charge in [-0.05, 0) is 97.4 Å². The lowest BCUT2D eigenvalue weighted by atomic mass is 10.1. The number of rotatable bonds is 6. The van der Waals surface area contributed by atoms with Crippen LogP contribution in [0.1, 0.15) is 71.1 Å². The molecule has 2 aliphatic rings. The number of aryl methyl sites for hydroxylation is 2. The van der Waals surface area contributed by atoms with Crippen molar-refractivity contribution in [1.29, 1.82) is 0 Å². The Balaban J connectivity index is 0.000000181. The van der Waals surface area contributed by atoms with Crippen molar-refractivity contribution in [2.24, 2.45) is 0 Å². The lowest BCUT2D eigenvalue weighted by Gasteiger charge is -2.31. The van der Waals surface area contributed by atoms with Gasteiger partial charge in [-0.2, -0.15) is 0 Å². The number of hydrogen-bond acceptors (Lipinski definition) is 8. The Bertz CT molecular complexity index is 2640. The van der Waals surface area contributed by atoms with Crippen molar-refractivity contribution in [3.05, 3.63) is 95.0 Å². The van der Waals surface area contributed by atoms with Crippen LogP contribution in [-0.2, 0) is 0 Å². The second-order valence-electron chi connectivity index (χ2n) is 20.0. The van der Waals surface area contributed by atoms with Gasteiger partial charge in [-0.3, -0.25) is 8.80 Å². The van der Waals surface area contributed by atoms with Crippen molar-refractivity contribution in [1.82, 2.24) is 39.4 Å². The van der Waals surface area contributed by atoms with E-state index >= 15 is 0 Å². The van der Waals surface area contributed by atoms with Gasteiger partial charge in [0.25, 0.3) is 0 Å². The minimum absolute atomic E-state index is 0.240. The van der Waals surface area contributed by atoms with Gasteiger partial charge in [0, 0.05) is 43.1 Å². The third-order valence-electron chi connectivity index (χ3n) is 13.1. The fourth-order valence-electron chi connectivity index (χ4n) is 6.64. The Morgan fingerprint density at radius 1 is 0.714 bits per heavy atom. The van der Waals surface area contributed by atoms with Crippen LogP contribution in [0.2, 0.25) is 41.3 Å². The monoisotopic (exact) mass is 898 g/mol. The molecule has 0 saturated carbocycles. The maximum Gasteiger partial charge on any atom is 0.138 e. The van der Waals surface area contributed by atoms with Gasteiger partial charge in [0.2, 0.25) is 0 Å². The van der Waals surface area contributed by atoms with Crippen molar-refractivity contribution in [2.45, 2.75) is 117 Å². The van der Waals surface area contributed by atoms with Gasteiger partial charge in [0.1, 0.15) is 39.1 Å². The third-order valence-corrected chi connectivity index (χ3v) is 22.5. The first-order valence-corrected chi connectivity index (χ1v) is 28.5. The Hall–Kier alpha value is -4.96. The number of imidazole rings is 2. The standard InChI is InChI=1S/C25H33N5Si.C17H18ClN5.C8H16Si/c1-18-14-24-27-16-22(21-8-7-9-23(29-21)28-20-10-12-26-15-20)30(24)17-19(18)11-13-31(5,6)25(2,3)4;1-11-7-17-20-9-15(23(17)10-13(11)18)14-3-2-4-16(22-14)21-12-5-6-19-8-12;1-7-9(5,6)8(2,3)4/h7-9,14,16-17,20,26H,10,12,15H2,1-6H3,(H,28,29);2-4,7,9-10,12,19H,5-6,8H2,1H3,(H,21,22);1H,2-6H3. The first-order chi connectivity index (χ1) is 29.7. The molecule has 2 atom stereocenters. The quantitative estimate of drug-likeness (QED) is 0.0967. The number of hydrogen-bond donors (Lipinski definition) is 4. The van der Waals surface area contributed by atoms with Crippen LogP contribution >= 0.6 is 11.6 Å². The van der Waals surface area contributed by atoms with Crippen LogP contribution in [0.15, 0.2) is 73.3 Å². The van der Waals surface area contributed by atoms with E-state index in [1.165, 1.54) is 0 Å². The van der Waals surface area contributed by atoms with Crippen LogP contribution in [0.25, 0.3) is 34.1 Å². The zero-order chi connectivity index (χ0) is 45.7. The molecule has 2 fully saturated rings. The summed E-state index contributed by atoms with van der Waals surface area (Å²) in [4.78, 5) is 18.7. The molecule has 8 heterocycles. The maximum atomic E-state index is 6.26. The molecule has 0 amide bonds. The minimum atomic E-state index is -1.68. The lowest BCUT2D eigenvalue weighted by molar-refractivity contribution is 0.730. The molecule has 4 N–H and O–H groups in total. The number of aromatic nitrogens is 6. The molecule has 8 rings (SSSR count). The van der Waals surface area contributed by atoms with E-state index in [0.29, 0.717) is 17.1 Å². The van der Waals surface area contributed by atoms with Crippen molar-refractivity contribution in [3.8, 4) is 46.2 Å². The van der Waals surface area contributed by atoms with E-state index in [9.17, 15) is 0 Å². The van der Waals surface area contributed by atoms with Gasteiger partial charge in [0.15, 0.2) is 0 Å². The van der Waals surface area contributed by atoms with E-state index in [0.717, 1.165) is 106 Å². The molecule has 2 aliphatic heterocycles. The van der Waals surface area contributed by atoms with Gasteiger partial charge in [0.05, 0.1) is 40.2 Å². The molecule has 13 heteroatoms. The second kappa shape index (κ2) is 19.4. The Labute approximate surface area is 382 Å². The molecule has 6 aromatic heterocycles. The highest BCUT2D eigenvalue weighted by Gasteiger charge is 2.34. The van der Waals surface area contributed by atoms with Crippen LogP contribution in [0.3, 0.4) is 0 Å². The predicted molar refractivity (Wildman–Crippen MR) is 271 cm³/mol. The Morgan fingerprint density at radius 3 is 1.62 bits per heavy atom. The summed E-state index contributed by atoms with van der Waals surface area (Å²) in [6.45, 7) is 30.9. The molecule has 2 unspecified atom stereocenters. The van der Waals surface area contributed by atoms with Gasteiger partial charge in [-0.25, -0.2) is 19.9 Å². The molecule has 2 saturated heterocycles. The molecule has 0 aromatic carbocycles. The van der Waals surface area contributed by atoms with Gasteiger partial charge in [-0.15, -0.1) is 17.5 Å². The van der Waals surface area contributed by atoms with Crippen molar-refractivity contribution in [3.63, 3.8) is 0 Å². The SMILES string of the molecule is C#C[Si](C)(C)C(C)(C)C.Cc1cc2ncc(-c3cccc(NC4CCNC4)n3)n2cc1C#C[Si](C)(C)C(C)(C)C.Cc1cc2ncc(-c3cccc(NC4CCNC4)n3)n2cc1Cl. The number of anilines is 2. The summed E-state index contributed by atoms with van der Waals surface area (Å²) in [7, 11) is -3.03. The average Bonchev–Trinajstić information content (AvgIpc) is 4.07. The second-order valence-corrected chi connectivity index (χ2v) is 30.5. The molecule has 0 bridgehead atoms. The smallest absolute Gasteiger partial charge is 0.138 e. The summed E-state index contributed by atoms with van der Waals surface area (Å²) in [6, 6.07) is 17.1. The number of nitrogens with one attached hydrogen (secondary N) is 4. The van der Waals surface area contributed by atoms with Crippen molar-refractivity contribution >= 4 is 50.7 Å². The first-order valence-electron chi connectivity index (χ1n) is 22.2. The van der Waals surface area contributed by atoms with Gasteiger partial charge in [-0.1, -0.05) is 97.4 Å². The zero-order valence-electron chi connectivity index (χ0n) is 39.5. The molecule has 0 spiro atoms. The molecular formula is C50H67ClN10Si2. The van der Waals surface area contributed by atoms with Crippen LogP contribution in [0.5, 0.6) is 0 Å².